The van der Waals surface area contributed by atoms with Gasteiger partial charge in [-0.3, -0.25) is 24.2 Å². The predicted molar refractivity (Wildman–Crippen MR) is 175 cm³/mol. The Morgan fingerprint density at radius 2 is 1.09 bits per heavy atom. The van der Waals surface area contributed by atoms with Crippen molar-refractivity contribution in [2.75, 3.05) is 5.01 Å². The van der Waals surface area contributed by atoms with Crippen molar-refractivity contribution in [2.24, 2.45) is 0 Å². The summed E-state index contributed by atoms with van der Waals surface area (Å²) in [5.74, 6) is -2.09. The van der Waals surface area contributed by atoms with E-state index in [4.69, 9.17) is 0 Å². The van der Waals surface area contributed by atoms with Crippen molar-refractivity contribution >= 4 is 45.8 Å². The van der Waals surface area contributed by atoms with Crippen molar-refractivity contribution in [1.82, 2.24) is 15.0 Å². The number of nitrogens with zero attached hydrogens (tertiary/aromatic N) is 4. The van der Waals surface area contributed by atoms with Crippen LogP contribution in [-0.4, -0.2) is 44.7 Å². The Morgan fingerprint density at radius 3 is 1.54 bits per heavy atom. The minimum absolute atomic E-state index is 0.247. The molecule has 2 aliphatic carbocycles. The molecular formula is C38H28N4O4. The molecule has 4 aliphatic rings. The number of hydrogen-bond donors (Lipinski definition) is 0. The second-order valence-corrected chi connectivity index (χ2v) is 11.5. The van der Waals surface area contributed by atoms with Crippen molar-refractivity contribution in [3.63, 3.8) is 0 Å². The summed E-state index contributed by atoms with van der Waals surface area (Å²) in [6, 6.07) is 24.6. The number of imide groups is 2. The van der Waals surface area contributed by atoms with Crippen LogP contribution in [0.3, 0.4) is 0 Å². The molecule has 0 spiro atoms. The van der Waals surface area contributed by atoms with E-state index in [1.165, 1.54) is 5.01 Å². The average molecular weight is 605 g/mol. The van der Waals surface area contributed by atoms with E-state index in [0.717, 1.165) is 23.5 Å². The Morgan fingerprint density at radius 1 is 0.565 bits per heavy atom. The number of carbonyl (C=O) groups is 4. The summed E-state index contributed by atoms with van der Waals surface area (Å²) in [6.45, 7) is 0. The molecular weight excluding hydrogens is 576 g/mol. The molecule has 0 N–H and O–H groups in total. The Bertz CT molecular complexity index is 1970. The molecule has 1 unspecified atom stereocenters. The monoisotopic (exact) mass is 604 g/mol. The minimum Gasteiger partial charge on any atom is -0.268 e. The van der Waals surface area contributed by atoms with E-state index >= 15 is 0 Å². The summed E-state index contributed by atoms with van der Waals surface area (Å²) in [4.78, 5) is 57.4. The van der Waals surface area contributed by atoms with E-state index in [1.807, 2.05) is 103 Å². The molecule has 4 amide bonds. The van der Waals surface area contributed by atoms with Gasteiger partial charge in [0.05, 0.1) is 45.4 Å². The molecule has 8 rings (SSSR count). The van der Waals surface area contributed by atoms with Crippen molar-refractivity contribution in [3.8, 4) is 0 Å². The highest BCUT2D eigenvalue weighted by Gasteiger charge is 2.44. The summed E-state index contributed by atoms with van der Waals surface area (Å²) < 4.78 is 0. The largest absolute Gasteiger partial charge is 0.280 e. The maximum atomic E-state index is 14.4. The number of allylic oxidation sites excluding steroid dienone is 5. The smallest absolute Gasteiger partial charge is 0.268 e. The normalized spacial score (nSPS) is 18.3. The van der Waals surface area contributed by atoms with Crippen LogP contribution in [0.2, 0.25) is 0 Å². The molecule has 0 fully saturated rings. The summed E-state index contributed by atoms with van der Waals surface area (Å²) >= 11 is 0. The van der Waals surface area contributed by atoms with Gasteiger partial charge in [-0.25, -0.2) is 5.01 Å². The van der Waals surface area contributed by atoms with E-state index in [2.05, 4.69) is 0 Å². The highest BCUT2D eigenvalue weighted by atomic mass is 16.2. The van der Waals surface area contributed by atoms with Gasteiger partial charge >= 0.3 is 0 Å². The average Bonchev–Trinajstić information content (AvgIpc) is 3.11. The topological polar surface area (TPSA) is 81.2 Å². The summed E-state index contributed by atoms with van der Waals surface area (Å²) in [5, 5.41) is 6.39. The van der Waals surface area contributed by atoms with Crippen LogP contribution in [0.5, 0.6) is 0 Å². The molecule has 46 heavy (non-hydrogen) atoms. The second-order valence-electron chi connectivity index (χ2n) is 11.5. The maximum absolute atomic E-state index is 14.4. The number of hydrogen-bond acceptors (Lipinski definition) is 6. The van der Waals surface area contributed by atoms with Crippen LogP contribution in [-0.2, 0) is 0 Å². The second kappa shape index (κ2) is 10.9. The van der Waals surface area contributed by atoms with Crippen molar-refractivity contribution in [1.29, 1.82) is 0 Å². The van der Waals surface area contributed by atoms with Crippen molar-refractivity contribution < 1.29 is 19.2 Å². The van der Waals surface area contributed by atoms with Gasteiger partial charge in [0.25, 0.3) is 23.6 Å². The molecule has 0 aromatic heterocycles. The van der Waals surface area contributed by atoms with Gasteiger partial charge in [0, 0.05) is 10.8 Å². The fourth-order valence-electron chi connectivity index (χ4n) is 6.72. The predicted octanol–water partition coefficient (Wildman–Crippen LogP) is 7.12. The van der Waals surface area contributed by atoms with Gasteiger partial charge in [-0.2, -0.15) is 10.0 Å². The zero-order valence-corrected chi connectivity index (χ0v) is 24.7. The number of anilines is 2. The number of amides is 4. The van der Waals surface area contributed by atoms with Gasteiger partial charge < -0.3 is 0 Å². The van der Waals surface area contributed by atoms with Crippen LogP contribution < -0.4 is 5.01 Å². The third-order valence-electron chi connectivity index (χ3n) is 8.78. The molecule has 4 aromatic carbocycles. The van der Waals surface area contributed by atoms with Crippen LogP contribution in [0.1, 0.15) is 60.7 Å². The van der Waals surface area contributed by atoms with E-state index in [9.17, 15) is 19.2 Å². The molecule has 0 bridgehead atoms. The van der Waals surface area contributed by atoms with Crippen LogP contribution >= 0.6 is 0 Å². The van der Waals surface area contributed by atoms with Crippen molar-refractivity contribution in [3.05, 3.63) is 155 Å². The summed E-state index contributed by atoms with van der Waals surface area (Å²) in [6.07, 6.45) is 16.2. The van der Waals surface area contributed by atoms with Gasteiger partial charge in [0.15, 0.2) is 0 Å². The molecule has 224 valence electrons. The summed E-state index contributed by atoms with van der Waals surface area (Å²) in [5.41, 5.74) is 3.06. The van der Waals surface area contributed by atoms with Gasteiger partial charge in [0.1, 0.15) is 0 Å². The number of carbonyl (C=O) groups excluding carboxylic acids is 4. The number of hydrazine groups is 2. The fourth-order valence-corrected chi connectivity index (χ4v) is 6.72. The lowest BCUT2D eigenvalue weighted by Crippen LogP contribution is -2.55. The van der Waals surface area contributed by atoms with E-state index in [0.29, 0.717) is 28.6 Å². The third-order valence-corrected chi connectivity index (χ3v) is 8.78. The number of para-hydroxylation sites is 2. The molecule has 4 aromatic rings. The molecule has 0 saturated carbocycles. The standard InChI is InChI=1S/C38H28N4O4/c43-35-29-21-23-31-34-32(38(46)42(37(31)45)40(27-17-9-3-10-18-27)28-19-11-4-12-20-28)24-22-30(33(29)34)36(44)41(35)39(25-13-5-1-6-14-25)26-15-7-2-8-16-26/h1-3,5-11,13-17,19-24,27H,4,12,18H2. The van der Waals surface area contributed by atoms with Crippen LogP contribution in [0.4, 0.5) is 11.4 Å². The molecule has 0 saturated heterocycles. The number of rotatable bonds is 6. The number of benzene rings is 4. The zero-order valence-electron chi connectivity index (χ0n) is 24.7. The first-order valence-corrected chi connectivity index (χ1v) is 15.3. The lowest BCUT2D eigenvalue weighted by molar-refractivity contribution is 0.00343. The molecule has 0 radical (unpaired) electrons. The van der Waals surface area contributed by atoms with Gasteiger partial charge in [-0.1, -0.05) is 72.9 Å². The Labute approximate surface area is 265 Å². The SMILES string of the molecule is O=C1c2ccc3c4c(ccc(c24)C(=O)N1N(c1ccccc1)c1ccccc1)C(=O)N(N(C1=CCCC=C1)C1C=CC=CC1)C3=O. The molecule has 8 heteroatoms. The van der Waals surface area contributed by atoms with Gasteiger partial charge in [0.2, 0.25) is 0 Å². The Kier molecular flexibility index (Phi) is 6.49. The maximum Gasteiger partial charge on any atom is 0.280 e. The van der Waals surface area contributed by atoms with Gasteiger partial charge in [-0.05, 0) is 73.9 Å². The first kappa shape index (κ1) is 27.5. The Balaban J connectivity index is 1.26. The highest BCUT2D eigenvalue weighted by molar-refractivity contribution is 6.33. The van der Waals surface area contributed by atoms with Crippen LogP contribution in [0, 0.1) is 0 Å². The zero-order chi connectivity index (χ0) is 31.4. The van der Waals surface area contributed by atoms with E-state index in [1.54, 1.807) is 34.3 Å². The Hall–Kier alpha value is -6.02. The molecule has 2 heterocycles. The van der Waals surface area contributed by atoms with Gasteiger partial charge in [-0.15, -0.1) is 0 Å². The third kappa shape index (κ3) is 4.14. The first-order chi connectivity index (χ1) is 22.5. The van der Waals surface area contributed by atoms with Crippen LogP contribution in [0.15, 0.2) is 133 Å². The molecule has 8 nitrogen and oxygen atoms in total. The van der Waals surface area contributed by atoms with E-state index < -0.39 is 23.6 Å². The van der Waals surface area contributed by atoms with Crippen molar-refractivity contribution in [2.45, 2.75) is 25.3 Å². The van der Waals surface area contributed by atoms with E-state index in [-0.39, 0.29) is 28.3 Å². The minimum atomic E-state index is -0.547. The molecule has 1 atom stereocenters. The lowest BCUT2D eigenvalue weighted by atomic mass is 9.86. The molecule has 2 aliphatic heterocycles. The van der Waals surface area contributed by atoms with Crippen LogP contribution in [0.25, 0.3) is 10.8 Å². The lowest BCUT2D eigenvalue weighted by Gasteiger charge is -2.43. The fraction of sp³-hybridized carbons (Fsp3) is 0.105. The quantitative estimate of drug-likeness (QED) is 0.218. The highest BCUT2D eigenvalue weighted by Crippen LogP contribution is 2.41. The first-order valence-electron chi connectivity index (χ1n) is 15.3. The summed E-state index contributed by atoms with van der Waals surface area (Å²) in [7, 11) is 0.